The van der Waals surface area contributed by atoms with E-state index in [-0.39, 0.29) is 6.54 Å². The molecule has 11 heteroatoms. The second-order valence-corrected chi connectivity index (χ2v) is 11.2. The van der Waals surface area contributed by atoms with Crippen molar-refractivity contribution in [1.82, 2.24) is 28.2 Å². The number of benzene rings is 1. The lowest BCUT2D eigenvalue weighted by molar-refractivity contribution is 0.0381. The van der Waals surface area contributed by atoms with Gasteiger partial charge in [0, 0.05) is 45.5 Å². The number of morpholine rings is 1. The van der Waals surface area contributed by atoms with Gasteiger partial charge in [-0.3, -0.25) is 18.8 Å². The summed E-state index contributed by atoms with van der Waals surface area (Å²) >= 11 is 0. The number of aryl methyl sites for hydroxylation is 3. The van der Waals surface area contributed by atoms with E-state index in [9.17, 15) is 14.4 Å². The number of hydrogen-bond donors (Lipinski definition) is 0. The lowest BCUT2D eigenvalue weighted by Crippen LogP contribution is -2.40. The van der Waals surface area contributed by atoms with Gasteiger partial charge in [-0.2, -0.15) is 0 Å². The Balaban J connectivity index is 1.57. The highest BCUT2D eigenvalue weighted by Gasteiger charge is 2.25. The summed E-state index contributed by atoms with van der Waals surface area (Å²) in [5, 5.41) is 0.827. The summed E-state index contributed by atoms with van der Waals surface area (Å²) in [5.74, 6) is 0.736. The molecular weight excluding hydrogens is 500 g/mol. The predicted octanol–water partition coefficient (Wildman–Crippen LogP) is 2.40. The number of aromatic nitrogens is 5. The highest BCUT2D eigenvalue weighted by Crippen LogP contribution is 2.24. The molecule has 0 atom stereocenters. The zero-order chi connectivity index (χ0) is 28.1. The Morgan fingerprint density at radius 3 is 2.49 bits per heavy atom. The van der Waals surface area contributed by atoms with Crippen LogP contribution in [0.1, 0.15) is 37.9 Å². The number of carbonyl (C=O) groups excluding carboxylic acids is 1. The fourth-order valence-corrected chi connectivity index (χ4v) is 5.13. The largest absolute Gasteiger partial charge is 0.443 e. The van der Waals surface area contributed by atoms with Gasteiger partial charge in [0.05, 0.1) is 31.0 Å². The third kappa shape index (κ3) is 5.16. The molecule has 4 aromatic rings. The smallest absolute Gasteiger partial charge is 0.419 e. The Morgan fingerprint density at radius 1 is 1.08 bits per heavy atom. The van der Waals surface area contributed by atoms with E-state index in [0.29, 0.717) is 42.0 Å². The van der Waals surface area contributed by atoms with E-state index in [1.807, 2.05) is 31.2 Å². The Labute approximate surface area is 226 Å². The first-order chi connectivity index (χ1) is 18.4. The summed E-state index contributed by atoms with van der Waals surface area (Å²) in [5.41, 5.74) is 1.21. The van der Waals surface area contributed by atoms with Crippen molar-refractivity contribution < 1.29 is 14.3 Å². The molecule has 3 aromatic heterocycles. The van der Waals surface area contributed by atoms with Gasteiger partial charge in [0.25, 0.3) is 5.56 Å². The minimum atomic E-state index is -0.714. The van der Waals surface area contributed by atoms with Crippen molar-refractivity contribution in [2.45, 2.75) is 46.3 Å². The van der Waals surface area contributed by atoms with E-state index in [4.69, 9.17) is 9.47 Å². The SMILES string of the molecule is Cc1ccc2c(c1)cc(Cn1c(=O)c3c(nc(CCN4CCOCC4)n3C)n(C)c1=O)n2C(=O)OC(C)(C)C. The Bertz CT molecular complexity index is 1680. The maximum atomic E-state index is 13.8. The summed E-state index contributed by atoms with van der Waals surface area (Å²) in [6.07, 6.45) is 0.0821. The minimum Gasteiger partial charge on any atom is -0.443 e. The van der Waals surface area contributed by atoms with Gasteiger partial charge in [-0.15, -0.1) is 0 Å². The molecule has 208 valence electrons. The zero-order valence-corrected chi connectivity index (χ0v) is 23.5. The number of nitrogens with zero attached hydrogens (tertiary/aromatic N) is 6. The molecule has 5 rings (SSSR count). The Hall–Kier alpha value is -3.70. The van der Waals surface area contributed by atoms with Crippen LogP contribution in [0.3, 0.4) is 0 Å². The molecule has 1 saturated heterocycles. The van der Waals surface area contributed by atoms with E-state index in [1.54, 1.807) is 39.4 Å². The highest BCUT2D eigenvalue weighted by atomic mass is 16.6. The summed E-state index contributed by atoms with van der Waals surface area (Å²) in [4.78, 5) is 47.5. The van der Waals surface area contributed by atoms with Crippen molar-refractivity contribution in [3.05, 3.63) is 62.2 Å². The third-order valence-electron chi connectivity index (χ3n) is 7.14. The first-order valence-corrected chi connectivity index (χ1v) is 13.2. The molecule has 1 fully saturated rings. The molecule has 0 unspecified atom stereocenters. The average molecular weight is 537 g/mol. The fourth-order valence-electron chi connectivity index (χ4n) is 5.13. The van der Waals surface area contributed by atoms with Crippen LogP contribution in [-0.2, 0) is 36.5 Å². The number of hydrogen-bond acceptors (Lipinski definition) is 7. The average Bonchev–Trinajstić information content (AvgIpc) is 3.40. The maximum Gasteiger partial charge on any atom is 0.419 e. The monoisotopic (exact) mass is 536 g/mol. The molecule has 1 aliphatic rings. The first kappa shape index (κ1) is 26.9. The van der Waals surface area contributed by atoms with Crippen molar-refractivity contribution >= 4 is 28.2 Å². The molecule has 0 N–H and O–H groups in total. The molecule has 0 amide bonds. The van der Waals surface area contributed by atoms with Gasteiger partial charge in [0.2, 0.25) is 0 Å². The van der Waals surface area contributed by atoms with Crippen molar-refractivity contribution in [1.29, 1.82) is 0 Å². The van der Waals surface area contributed by atoms with E-state index < -0.39 is 22.9 Å². The molecule has 0 radical (unpaired) electrons. The standard InChI is InChI=1S/C28H36N6O5/c1-18-7-8-21-19(15-18)16-20(34(21)27(37)39-28(2,3)4)17-33-25(35)23-24(31(6)26(33)36)29-22(30(23)5)9-10-32-11-13-38-14-12-32/h7-8,15-16H,9-14,17H2,1-6H3. The van der Waals surface area contributed by atoms with Gasteiger partial charge in [0.1, 0.15) is 11.4 Å². The van der Waals surface area contributed by atoms with Gasteiger partial charge in [-0.05, 0) is 45.9 Å². The van der Waals surface area contributed by atoms with E-state index >= 15 is 0 Å². The van der Waals surface area contributed by atoms with Crippen LogP contribution in [0.2, 0.25) is 0 Å². The van der Waals surface area contributed by atoms with Gasteiger partial charge in [0.15, 0.2) is 11.2 Å². The lowest BCUT2D eigenvalue weighted by atomic mass is 10.2. The van der Waals surface area contributed by atoms with Crippen molar-refractivity contribution in [2.75, 3.05) is 32.8 Å². The van der Waals surface area contributed by atoms with Crippen LogP contribution in [0.4, 0.5) is 4.79 Å². The summed E-state index contributed by atoms with van der Waals surface area (Å²) in [7, 11) is 3.42. The van der Waals surface area contributed by atoms with Crippen LogP contribution >= 0.6 is 0 Å². The number of carbonyl (C=O) groups is 1. The van der Waals surface area contributed by atoms with E-state index in [1.165, 1.54) is 9.13 Å². The molecule has 1 aromatic carbocycles. The number of rotatable bonds is 5. The lowest BCUT2D eigenvalue weighted by Gasteiger charge is -2.26. The number of ether oxygens (including phenoxy) is 2. The molecule has 4 heterocycles. The highest BCUT2D eigenvalue weighted by molar-refractivity contribution is 5.91. The van der Waals surface area contributed by atoms with Gasteiger partial charge in [-0.1, -0.05) is 11.6 Å². The van der Waals surface area contributed by atoms with E-state index in [0.717, 1.165) is 41.0 Å². The quantitative estimate of drug-likeness (QED) is 0.386. The molecule has 1 aliphatic heterocycles. The van der Waals surface area contributed by atoms with Crippen LogP contribution < -0.4 is 11.2 Å². The molecule has 39 heavy (non-hydrogen) atoms. The molecule has 0 saturated carbocycles. The summed E-state index contributed by atoms with van der Waals surface area (Å²) in [6, 6.07) is 7.56. The van der Waals surface area contributed by atoms with Crippen LogP contribution in [0.15, 0.2) is 33.9 Å². The molecule has 0 aliphatic carbocycles. The second kappa shape index (κ2) is 10.1. The Kier molecular flexibility index (Phi) is 6.98. The van der Waals surface area contributed by atoms with Crippen molar-refractivity contribution in [3.63, 3.8) is 0 Å². The predicted molar refractivity (Wildman–Crippen MR) is 149 cm³/mol. The number of fused-ring (bicyclic) bond motifs is 2. The summed E-state index contributed by atoms with van der Waals surface area (Å²) in [6.45, 7) is 11.2. The zero-order valence-electron chi connectivity index (χ0n) is 23.5. The van der Waals surface area contributed by atoms with Crippen molar-refractivity contribution in [3.8, 4) is 0 Å². The van der Waals surface area contributed by atoms with Crippen LogP contribution in [0.5, 0.6) is 0 Å². The minimum absolute atomic E-state index is 0.0945. The Morgan fingerprint density at radius 2 is 1.79 bits per heavy atom. The molecular formula is C28H36N6O5. The van der Waals surface area contributed by atoms with Gasteiger partial charge >= 0.3 is 11.8 Å². The normalized spacial score (nSPS) is 14.9. The third-order valence-corrected chi connectivity index (χ3v) is 7.14. The van der Waals surface area contributed by atoms with Crippen molar-refractivity contribution in [2.24, 2.45) is 14.1 Å². The number of imidazole rings is 1. The maximum absolute atomic E-state index is 13.8. The van der Waals surface area contributed by atoms with Crippen LogP contribution in [0.25, 0.3) is 22.1 Å². The van der Waals surface area contributed by atoms with Crippen LogP contribution in [0, 0.1) is 6.92 Å². The molecule has 11 nitrogen and oxygen atoms in total. The van der Waals surface area contributed by atoms with Crippen LogP contribution in [-0.4, -0.2) is 72.7 Å². The summed E-state index contributed by atoms with van der Waals surface area (Å²) < 4.78 is 16.9. The first-order valence-electron chi connectivity index (χ1n) is 13.2. The fraction of sp³-hybridized carbons (Fsp3) is 0.500. The van der Waals surface area contributed by atoms with Gasteiger partial charge in [-0.25, -0.2) is 19.1 Å². The van der Waals surface area contributed by atoms with E-state index in [2.05, 4.69) is 9.88 Å². The topological polar surface area (TPSA) is 106 Å². The molecule has 0 bridgehead atoms. The molecule has 0 spiro atoms. The second-order valence-electron chi connectivity index (χ2n) is 11.2. The van der Waals surface area contributed by atoms with Gasteiger partial charge < -0.3 is 14.0 Å².